The lowest BCUT2D eigenvalue weighted by atomic mass is 10.3. The van der Waals surface area contributed by atoms with Gasteiger partial charge in [-0.05, 0) is 22.0 Å². The molecular weight excluding hydrogens is 256 g/mol. The molecule has 0 bridgehead atoms. The van der Waals surface area contributed by atoms with Gasteiger partial charge in [-0.25, -0.2) is 4.39 Å². The van der Waals surface area contributed by atoms with Crippen LogP contribution in [0.1, 0.15) is 0 Å². The van der Waals surface area contributed by atoms with Crippen molar-refractivity contribution in [3.05, 3.63) is 26.4 Å². The Morgan fingerprint density at radius 3 is 2.45 bits per heavy atom. The topological polar surface area (TPSA) is 26.0 Å². The van der Waals surface area contributed by atoms with Gasteiger partial charge < -0.3 is 5.73 Å². The highest BCUT2D eigenvalue weighted by atomic mass is 79.9. The molecule has 11 heavy (non-hydrogen) atoms. The van der Waals surface area contributed by atoms with Gasteiger partial charge in [0.25, 0.3) is 0 Å². The maximum absolute atomic E-state index is 12.7. The number of nitrogen functional groups attached to an aromatic ring is 1. The van der Waals surface area contributed by atoms with E-state index in [2.05, 4.69) is 15.9 Å². The lowest BCUT2D eigenvalue weighted by molar-refractivity contribution is 0.628. The summed E-state index contributed by atoms with van der Waals surface area (Å²) in [6.07, 6.45) is 0. The summed E-state index contributed by atoms with van der Waals surface area (Å²) in [6, 6.07) is 1.08. The molecule has 0 saturated heterocycles. The molecule has 0 amide bonds. The zero-order valence-corrected chi connectivity index (χ0v) is 8.26. The quantitative estimate of drug-likeness (QED) is 0.430. The van der Waals surface area contributed by atoms with Gasteiger partial charge in [0.05, 0.1) is 20.2 Å². The van der Waals surface area contributed by atoms with Crippen molar-refractivity contribution in [2.45, 2.75) is 0 Å². The molecule has 0 radical (unpaired) electrons. The summed E-state index contributed by atoms with van der Waals surface area (Å²) in [5, 5.41) is 0.181. The third-order valence-electron chi connectivity index (χ3n) is 1.13. The van der Waals surface area contributed by atoms with Gasteiger partial charge in [-0.2, -0.15) is 0 Å². The summed E-state index contributed by atoms with van der Waals surface area (Å²) in [5.41, 5.74) is 5.50. The molecule has 0 unspecified atom stereocenters. The van der Waals surface area contributed by atoms with Crippen molar-refractivity contribution < 1.29 is 4.39 Å². The highest BCUT2D eigenvalue weighted by Gasteiger charge is 2.11. The van der Waals surface area contributed by atoms with Crippen LogP contribution in [-0.2, 0) is 0 Å². The molecule has 0 aromatic heterocycles. The predicted octanol–water partition coefficient (Wildman–Crippen LogP) is 3.48. The van der Waals surface area contributed by atoms with E-state index in [1.165, 1.54) is 0 Å². The summed E-state index contributed by atoms with van der Waals surface area (Å²) in [6.45, 7) is 0. The SMILES string of the molecule is Nc1cc(F)c(Cl)c(Br)c1Cl. The molecule has 0 aliphatic rings. The highest BCUT2D eigenvalue weighted by Crippen LogP contribution is 2.36. The molecule has 0 spiro atoms. The number of nitrogens with two attached hydrogens (primary N) is 1. The van der Waals surface area contributed by atoms with E-state index in [0.717, 1.165) is 6.07 Å². The number of hydrogen-bond donors (Lipinski definition) is 1. The third kappa shape index (κ3) is 1.60. The second-order valence-electron chi connectivity index (χ2n) is 1.89. The average Bonchev–Trinajstić information content (AvgIpc) is 1.97. The van der Waals surface area contributed by atoms with Gasteiger partial charge in [0.2, 0.25) is 0 Å². The van der Waals surface area contributed by atoms with Gasteiger partial charge in [-0.1, -0.05) is 23.2 Å². The number of anilines is 1. The molecule has 1 aromatic carbocycles. The average molecular weight is 259 g/mol. The molecule has 0 aliphatic heterocycles. The van der Waals surface area contributed by atoms with Crippen LogP contribution in [0, 0.1) is 5.82 Å². The molecule has 0 saturated carbocycles. The van der Waals surface area contributed by atoms with Crippen molar-refractivity contribution in [3.8, 4) is 0 Å². The van der Waals surface area contributed by atoms with Crippen LogP contribution >= 0.6 is 39.1 Å². The van der Waals surface area contributed by atoms with Crippen LogP contribution in [0.2, 0.25) is 10.0 Å². The zero-order chi connectivity index (χ0) is 8.59. The number of halogens is 4. The summed E-state index contributed by atoms with van der Waals surface area (Å²) >= 11 is 14.1. The molecule has 5 heteroatoms. The number of rotatable bonds is 0. The summed E-state index contributed by atoms with van der Waals surface area (Å²) in [5.74, 6) is -0.583. The van der Waals surface area contributed by atoms with Crippen LogP contribution in [0.4, 0.5) is 10.1 Å². The Morgan fingerprint density at radius 2 is 1.91 bits per heavy atom. The lowest BCUT2D eigenvalue weighted by Crippen LogP contribution is -1.90. The van der Waals surface area contributed by atoms with Crippen molar-refractivity contribution in [2.24, 2.45) is 0 Å². The Bertz CT molecular complexity index is 277. The fourth-order valence-electron chi connectivity index (χ4n) is 0.591. The Morgan fingerprint density at radius 1 is 1.36 bits per heavy atom. The molecular formula is C6H3BrCl2FN. The van der Waals surface area contributed by atoms with Crippen molar-refractivity contribution in [2.75, 3.05) is 5.73 Å². The summed E-state index contributed by atoms with van der Waals surface area (Å²) in [7, 11) is 0. The monoisotopic (exact) mass is 257 g/mol. The Kier molecular flexibility index (Phi) is 2.62. The van der Waals surface area contributed by atoms with Crippen LogP contribution in [0.5, 0.6) is 0 Å². The van der Waals surface area contributed by atoms with Gasteiger partial charge >= 0.3 is 0 Å². The second-order valence-corrected chi connectivity index (χ2v) is 3.44. The second kappa shape index (κ2) is 3.17. The van der Waals surface area contributed by atoms with E-state index in [0.29, 0.717) is 4.47 Å². The highest BCUT2D eigenvalue weighted by molar-refractivity contribution is 9.10. The molecule has 1 nitrogen and oxygen atoms in total. The van der Waals surface area contributed by atoms with Crippen LogP contribution in [0.15, 0.2) is 10.5 Å². The largest absolute Gasteiger partial charge is 0.397 e. The van der Waals surface area contributed by atoms with Gasteiger partial charge in [0, 0.05) is 0 Å². The molecule has 0 heterocycles. The molecule has 60 valence electrons. The Balaban J connectivity index is 3.46. The van der Waals surface area contributed by atoms with Gasteiger partial charge in [0.1, 0.15) is 5.82 Å². The normalized spacial score (nSPS) is 10.2. The van der Waals surface area contributed by atoms with E-state index in [1.807, 2.05) is 0 Å². The van der Waals surface area contributed by atoms with Crippen molar-refractivity contribution in [3.63, 3.8) is 0 Å². The predicted molar refractivity (Wildman–Crippen MR) is 48.5 cm³/mol. The first-order chi connectivity index (χ1) is 5.04. The van der Waals surface area contributed by atoms with Crippen LogP contribution in [0.25, 0.3) is 0 Å². The van der Waals surface area contributed by atoms with Crippen molar-refractivity contribution in [1.82, 2.24) is 0 Å². The van der Waals surface area contributed by atoms with Crippen LogP contribution in [0.3, 0.4) is 0 Å². The smallest absolute Gasteiger partial charge is 0.145 e. The van der Waals surface area contributed by atoms with Gasteiger partial charge in [-0.3, -0.25) is 0 Å². The van der Waals surface area contributed by atoms with E-state index in [1.54, 1.807) is 0 Å². The van der Waals surface area contributed by atoms with E-state index in [-0.39, 0.29) is 15.7 Å². The van der Waals surface area contributed by atoms with E-state index < -0.39 is 5.82 Å². The molecule has 1 rings (SSSR count). The minimum atomic E-state index is -0.583. The van der Waals surface area contributed by atoms with Gasteiger partial charge in [0.15, 0.2) is 0 Å². The van der Waals surface area contributed by atoms with Crippen LogP contribution < -0.4 is 5.73 Å². The molecule has 1 aromatic rings. The summed E-state index contributed by atoms with van der Waals surface area (Å²) in [4.78, 5) is 0. The third-order valence-corrected chi connectivity index (χ3v) is 3.16. The Hall–Kier alpha value is 0.01000. The van der Waals surface area contributed by atoms with E-state index in [4.69, 9.17) is 28.9 Å². The van der Waals surface area contributed by atoms with E-state index >= 15 is 0 Å². The van der Waals surface area contributed by atoms with Crippen molar-refractivity contribution in [1.29, 1.82) is 0 Å². The number of benzene rings is 1. The molecule has 0 aliphatic carbocycles. The minimum absolute atomic E-state index is 0.0517. The fraction of sp³-hybridized carbons (Fsp3) is 0. The van der Waals surface area contributed by atoms with Gasteiger partial charge in [-0.15, -0.1) is 0 Å². The first kappa shape index (κ1) is 9.10. The van der Waals surface area contributed by atoms with E-state index in [9.17, 15) is 4.39 Å². The maximum atomic E-state index is 12.7. The first-order valence-corrected chi connectivity index (χ1v) is 4.17. The maximum Gasteiger partial charge on any atom is 0.145 e. The summed E-state index contributed by atoms with van der Waals surface area (Å²) < 4.78 is 13.0. The minimum Gasteiger partial charge on any atom is -0.397 e. The molecule has 0 fully saturated rings. The van der Waals surface area contributed by atoms with Crippen LogP contribution in [-0.4, -0.2) is 0 Å². The first-order valence-electron chi connectivity index (χ1n) is 2.62. The lowest BCUT2D eigenvalue weighted by Gasteiger charge is -2.03. The molecule has 2 N–H and O–H groups in total. The Labute approximate surface area is 81.4 Å². The fourth-order valence-corrected chi connectivity index (χ4v) is 1.36. The number of hydrogen-bond acceptors (Lipinski definition) is 1. The standard InChI is InChI=1S/C6H3BrCl2FN/c7-4-5(8)2(10)1-3(11)6(4)9/h1H,11H2. The zero-order valence-electron chi connectivity index (χ0n) is 5.17. The molecule has 0 atom stereocenters. The van der Waals surface area contributed by atoms with Crippen molar-refractivity contribution >= 4 is 44.8 Å².